The van der Waals surface area contributed by atoms with E-state index in [0.29, 0.717) is 13.2 Å². The molecule has 0 spiro atoms. The summed E-state index contributed by atoms with van der Waals surface area (Å²) < 4.78 is 10.2. The molecule has 0 aromatic rings. The molecule has 2 rings (SSSR count). The Morgan fingerprint density at radius 2 is 2.22 bits per heavy atom. The van der Waals surface area contributed by atoms with Crippen LogP contribution in [0.4, 0.5) is 9.59 Å². The fourth-order valence-corrected chi connectivity index (χ4v) is 2.31. The van der Waals surface area contributed by atoms with Crippen LogP contribution in [-0.4, -0.2) is 47.9 Å². The molecule has 1 N–H and O–H groups in total. The highest BCUT2D eigenvalue weighted by molar-refractivity contribution is 5.71. The van der Waals surface area contributed by atoms with E-state index in [1.165, 1.54) is 0 Å². The fraction of sp³-hybridized carbons (Fsp3) is 0.833. The Balaban J connectivity index is 1.82. The predicted molar refractivity (Wildman–Crippen MR) is 64.2 cm³/mol. The van der Waals surface area contributed by atoms with Crippen molar-refractivity contribution < 1.29 is 19.1 Å². The first-order chi connectivity index (χ1) is 8.35. The van der Waals surface area contributed by atoms with Gasteiger partial charge in [0.25, 0.3) is 0 Å². The lowest BCUT2D eigenvalue weighted by Crippen LogP contribution is -2.49. The molecule has 6 nitrogen and oxygen atoms in total. The Kier molecular flexibility index (Phi) is 3.36. The normalized spacial score (nSPS) is 27.5. The smallest absolute Gasteiger partial charge is 0.410 e. The van der Waals surface area contributed by atoms with Crippen molar-refractivity contribution >= 4 is 12.2 Å². The van der Waals surface area contributed by atoms with E-state index < -0.39 is 11.7 Å². The molecule has 0 saturated carbocycles. The number of amides is 2. The summed E-state index contributed by atoms with van der Waals surface area (Å²) >= 11 is 0. The van der Waals surface area contributed by atoms with Crippen LogP contribution in [-0.2, 0) is 9.47 Å². The van der Waals surface area contributed by atoms with Gasteiger partial charge in [0.05, 0.1) is 6.04 Å². The van der Waals surface area contributed by atoms with Gasteiger partial charge in [-0.1, -0.05) is 0 Å². The first kappa shape index (κ1) is 13.0. The number of hydrogen-bond acceptors (Lipinski definition) is 4. The molecule has 0 aliphatic carbocycles. The van der Waals surface area contributed by atoms with Gasteiger partial charge in [-0.2, -0.15) is 0 Å². The number of carbonyl (C=O) groups is 2. The van der Waals surface area contributed by atoms with Crippen LogP contribution in [0.1, 0.15) is 33.6 Å². The summed E-state index contributed by atoms with van der Waals surface area (Å²) in [5, 5.41) is 2.85. The standard InChI is InChI=1S/C12H20N2O4/c1-12(2,3)18-10(15)13-8-4-5-14-9(6-8)7-17-11(14)16/h8-9H,4-7H2,1-3H3,(H,13,15)/t8-,9+/m1/s1. The highest BCUT2D eigenvalue weighted by Crippen LogP contribution is 2.23. The second kappa shape index (κ2) is 4.66. The van der Waals surface area contributed by atoms with Crippen molar-refractivity contribution in [2.45, 2.75) is 51.3 Å². The summed E-state index contributed by atoms with van der Waals surface area (Å²) in [6, 6.07) is 0.141. The molecule has 0 aromatic carbocycles. The number of nitrogens with one attached hydrogen (secondary N) is 1. The number of alkyl carbamates (subject to hydrolysis) is 1. The van der Waals surface area contributed by atoms with Crippen molar-refractivity contribution in [1.29, 1.82) is 0 Å². The van der Waals surface area contributed by atoms with Crippen molar-refractivity contribution in [1.82, 2.24) is 10.2 Å². The minimum Gasteiger partial charge on any atom is -0.447 e. The van der Waals surface area contributed by atoms with Gasteiger partial charge < -0.3 is 19.7 Å². The molecule has 102 valence electrons. The van der Waals surface area contributed by atoms with Crippen LogP contribution in [0, 0.1) is 0 Å². The second-order valence-corrected chi connectivity index (χ2v) is 5.79. The second-order valence-electron chi connectivity index (χ2n) is 5.79. The van der Waals surface area contributed by atoms with Crippen LogP contribution in [0.25, 0.3) is 0 Å². The third kappa shape index (κ3) is 3.05. The van der Waals surface area contributed by atoms with Gasteiger partial charge in [-0.15, -0.1) is 0 Å². The summed E-state index contributed by atoms with van der Waals surface area (Å²) in [6.45, 7) is 6.55. The summed E-state index contributed by atoms with van der Waals surface area (Å²) in [7, 11) is 0. The van der Waals surface area contributed by atoms with Crippen molar-refractivity contribution in [2.24, 2.45) is 0 Å². The number of ether oxygens (including phenoxy) is 2. The van der Waals surface area contributed by atoms with Crippen molar-refractivity contribution in [3.05, 3.63) is 0 Å². The Morgan fingerprint density at radius 3 is 2.89 bits per heavy atom. The molecular weight excluding hydrogens is 236 g/mol. The SMILES string of the molecule is CC(C)(C)OC(=O)N[C@@H]1CCN2C(=O)OC[C@@H]2C1. The van der Waals surface area contributed by atoms with E-state index in [-0.39, 0.29) is 18.2 Å². The van der Waals surface area contributed by atoms with Gasteiger partial charge in [0.15, 0.2) is 0 Å². The largest absolute Gasteiger partial charge is 0.447 e. The van der Waals surface area contributed by atoms with Crippen LogP contribution in [0.15, 0.2) is 0 Å². The minimum absolute atomic E-state index is 0.0515. The summed E-state index contributed by atoms with van der Waals surface area (Å²) in [5.74, 6) is 0. The van der Waals surface area contributed by atoms with Crippen LogP contribution in [0.3, 0.4) is 0 Å². The Morgan fingerprint density at radius 1 is 1.50 bits per heavy atom. The van der Waals surface area contributed by atoms with Gasteiger partial charge in [0.2, 0.25) is 0 Å². The zero-order valence-corrected chi connectivity index (χ0v) is 11.1. The molecule has 2 aliphatic rings. The Hall–Kier alpha value is -1.46. The third-order valence-electron chi connectivity index (χ3n) is 3.07. The Bertz CT molecular complexity index is 350. The number of carbonyl (C=O) groups excluding carboxylic acids is 2. The molecule has 2 fully saturated rings. The van der Waals surface area contributed by atoms with E-state index in [4.69, 9.17) is 9.47 Å². The lowest BCUT2D eigenvalue weighted by molar-refractivity contribution is 0.0477. The molecule has 2 aliphatic heterocycles. The lowest BCUT2D eigenvalue weighted by Gasteiger charge is -2.33. The third-order valence-corrected chi connectivity index (χ3v) is 3.07. The molecule has 0 aromatic heterocycles. The van der Waals surface area contributed by atoms with Crippen molar-refractivity contribution in [3.63, 3.8) is 0 Å². The van der Waals surface area contributed by atoms with E-state index in [2.05, 4.69) is 5.32 Å². The van der Waals surface area contributed by atoms with Crippen LogP contribution >= 0.6 is 0 Å². The fourth-order valence-electron chi connectivity index (χ4n) is 2.31. The molecule has 18 heavy (non-hydrogen) atoms. The minimum atomic E-state index is -0.489. The van der Waals surface area contributed by atoms with E-state index >= 15 is 0 Å². The Labute approximate surface area is 107 Å². The van der Waals surface area contributed by atoms with Gasteiger partial charge >= 0.3 is 12.2 Å². The maximum Gasteiger partial charge on any atom is 0.410 e. The number of fused-ring (bicyclic) bond motifs is 1. The molecule has 0 bridgehead atoms. The zero-order chi connectivity index (χ0) is 13.3. The summed E-state index contributed by atoms with van der Waals surface area (Å²) in [5.41, 5.74) is -0.489. The lowest BCUT2D eigenvalue weighted by atomic mass is 9.99. The first-order valence-corrected chi connectivity index (χ1v) is 6.28. The molecule has 2 amide bonds. The summed E-state index contributed by atoms with van der Waals surface area (Å²) in [6.07, 6.45) is 0.831. The van der Waals surface area contributed by atoms with Crippen LogP contribution in [0.2, 0.25) is 0 Å². The van der Waals surface area contributed by atoms with E-state index in [0.717, 1.165) is 12.8 Å². The molecule has 0 unspecified atom stereocenters. The number of nitrogens with zero attached hydrogens (tertiary/aromatic N) is 1. The monoisotopic (exact) mass is 256 g/mol. The molecule has 2 saturated heterocycles. The zero-order valence-electron chi connectivity index (χ0n) is 11.1. The number of rotatable bonds is 1. The highest BCUT2D eigenvalue weighted by Gasteiger charge is 2.38. The van der Waals surface area contributed by atoms with Crippen molar-refractivity contribution in [3.8, 4) is 0 Å². The van der Waals surface area contributed by atoms with Crippen LogP contribution < -0.4 is 5.32 Å². The van der Waals surface area contributed by atoms with Crippen molar-refractivity contribution in [2.75, 3.05) is 13.2 Å². The van der Waals surface area contributed by atoms with Gasteiger partial charge in [-0.3, -0.25) is 0 Å². The van der Waals surface area contributed by atoms with Gasteiger partial charge in [-0.25, -0.2) is 9.59 Å². The van der Waals surface area contributed by atoms with Gasteiger partial charge in [0.1, 0.15) is 12.2 Å². The van der Waals surface area contributed by atoms with E-state index in [9.17, 15) is 9.59 Å². The quantitative estimate of drug-likeness (QED) is 0.772. The summed E-state index contributed by atoms with van der Waals surface area (Å²) in [4.78, 5) is 24.7. The molecule has 2 atom stereocenters. The topological polar surface area (TPSA) is 67.9 Å². The average molecular weight is 256 g/mol. The average Bonchev–Trinajstić information content (AvgIpc) is 2.57. The number of piperidine rings is 1. The molecule has 2 heterocycles. The number of cyclic esters (lactones) is 1. The van der Waals surface area contributed by atoms with E-state index in [1.54, 1.807) is 4.90 Å². The predicted octanol–water partition coefficient (Wildman–Crippen LogP) is 1.49. The maximum absolute atomic E-state index is 11.6. The molecule has 0 radical (unpaired) electrons. The van der Waals surface area contributed by atoms with Crippen LogP contribution in [0.5, 0.6) is 0 Å². The van der Waals surface area contributed by atoms with Gasteiger partial charge in [-0.05, 0) is 33.6 Å². The van der Waals surface area contributed by atoms with Gasteiger partial charge in [0, 0.05) is 12.6 Å². The molecular formula is C12H20N2O4. The molecule has 6 heteroatoms. The first-order valence-electron chi connectivity index (χ1n) is 6.28. The number of hydrogen-bond donors (Lipinski definition) is 1. The maximum atomic E-state index is 11.6. The van der Waals surface area contributed by atoms with E-state index in [1.807, 2.05) is 20.8 Å². The highest BCUT2D eigenvalue weighted by atomic mass is 16.6.